The monoisotopic (exact) mass is 214 g/mol. The van der Waals surface area contributed by atoms with Crippen LogP contribution in [0, 0.1) is 11.8 Å². The minimum Gasteiger partial charge on any atom is -0.396 e. The van der Waals surface area contributed by atoms with E-state index in [-0.39, 0.29) is 18.4 Å². The third-order valence-electron chi connectivity index (χ3n) is 2.91. The molecule has 3 N–H and O–H groups in total. The summed E-state index contributed by atoms with van der Waals surface area (Å²) >= 11 is 0. The van der Waals surface area contributed by atoms with Crippen molar-refractivity contribution in [1.82, 2.24) is 10.6 Å². The summed E-state index contributed by atoms with van der Waals surface area (Å²) in [5, 5.41) is 14.9. The number of rotatable bonds is 5. The molecular formula is C11H22N2O2. The highest BCUT2D eigenvalue weighted by molar-refractivity contribution is 5.78. The Balaban J connectivity index is 2.16. The number of aliphatic hydroxyl groups excluding tert-OH is 1. The van der Waals surface area contributed by atoms with Gasteiger partial charge in [0.25, 0.3) is 0 Å². The van der Waals surface area contributed by atoms with E-state index < -0.39 is 0 Å². The number of piperidine rings is 1. The van der Waals surface area contributed by atoms with Crippen LogP contribution >= 0.6 is 0 Å². The molecule has 1 saturated heterocycles. The summed E-state index contributed by atoms with van der Waals surface area (Å²) in [6.45, 7) is 4.75. The van der Waals surface area contributed by atoms with E-state index in [9.17, 15) is 4.79 Å². The first-order valence-electron chi connectivity index (χ1n) is 5.83. The SMILES string of the molecule is CC(CCO)CNC(=O)[C@@H]1CCCNC1. The Kier molecular flexibility index (Phi) is 5.65. The van der Waals surface area contributed by atoms with Crippen LogP contribution in [0.4, 0.5) is 0 Å². The normalized spacial score (nSPS) is 23.5. The molecule has 88 valence electrons. The summed E-state index contributed by atoms with van der Waals surface area (Å²) in [6, 6.07) is 0. The minimum atomic E-state index is 0.139. The molecule has 0 aromatic carbocycles. The van der Waals surface area contributed by atoms with Gasteiger partial charge in [-0.25, -0.2) is 0 Å². The third kappa shape index (κ3) is 4.62. The fraction of sp³-hybridized carbons (Fsp3) is 0.909. The molecule has 2 atom stereocenters. The summed E-state index contributed by atoms with van der Waals surface area (Å²) in [7, 11) is 0. The molecule has 0 spiro atoms. The second kappa shape index (κ2) is 6.80. The predicted molar refractivity (Wildman–Crippen MR) is 59.5 cm³/mol. The van der Waals surface area contributed by atoms with Crippen LogP contribution in [0.15, 0.2) is 0 Å². The Morgan fingerprint density at radius 3 is 3.07 bits per heavy atom. The average molecular weight is 214 g/mol. The van der Waals surface area contributed by atoms with Crippen LogP contribution in [0.25, 0.3) is 0 Å². The minimum absolute atomic E-state index is 0.139. The van der Waals surface area contributed by atoms with Gasteiger partial charge in [-0.3, -0.25) is 4.79 Å². The van der Waals surface area contributed by atoms with E-state index in [2.05, 4.69) is 10.6 Å². The lowest BCUT2D eigenvalue weighted by atomic mass is 9.98. The molecule has 0 bridgehead atoms. The molecule has 4 heteroatoms. The van der Waals surface area contributed by atoms with Gasteiger partial charge in [0.2, 0.25) is 5.91 Å². The van der Waals surface area contributed by atoms with Crippen molar-refractivity contribution < 1.29 is 9.90 Å². The van der Waals surface area contributed by atoms with Crippen LogP contribution in [-0.4, -0.2) is 37.3 Å². The van der Waals surface area contributed by atoms with Crippen LogP contribution in [0.2, 0.25) is 0 Å². The van der Waals surface area contributed by atoms with Crippen LogP contribution in [0.5, 0.6) is 0 Å². The quantitative estimate of drug-likeness (QED) is 0.609. The van der Waals surface area contributed by atoms with Crippen molar-refractivity contribution in [1.29, 1.82) is 0 Å². The summed E-state index contributed by atoms with van der Waals surface area (Å²) in [5.74, 6) is 0.655. The van der Waals surface area contributed by atoms with Crippen molar-refractivity contribution in [2.24, 2.45) is 11.8 Å². The smallest absolute Gasteiger partial charge is 0.224 e. The Morgan fingerprint density at radius 2 is 2.47 bits per heavy atom. The molecule has 0 aromatic rings. The lowest BCUT2D eigenvalue weighted by Gasteiger charge is -2.22. The average Bonchev–Trinajstić information content (AvgIpc) is 2.27. The second-order valence-corrected chi connectivity index (χ2v) is 4.41. The van der Waals surface area contributed by atoms with Gasteiger partial charge in [-0.15, -0.1) is 0 Å². The van der Waals surface area contributed by atoms with Gasteiger partial charge in [-0.2, -0.15) is 0 Å². The van der Waals surface area contributed by atoms with Crippen molar-refractivity contribution in [3.05, 3.63) is 0 Å². The fourth-order valence-corrected chi connectivity index (χ4v) is 1.82. The molecule has 4 nitrogen and oxygen atoms in total. The number of amides is 1. The Morgan fingerprint density at radius 1 is 1.67 bits per heavy atom. The van der Waals surface area contributed by atoms with Crippen LogP contribution in [0.1, 0.15) is 26.2 Å². The van der Waals surface area contributed by atoms with Crippen molar-refractivity contribution in [2.75, 3.05) is 26.2 Å². The van der Waals surface area contributed by atoms with Crippen LogP contribution < -0.4 is 10.6 Å². The van der Waals surface area contributed by atoms with Crippen molar-refractivity contribution in [3.8, 4) is 0 Å². The maximum atomic E-state index is 11.7. The summed E-state index contributed by atoms with van der Waals surface area (Å²) < 4.78 is 0. The van der Waals surface area contributed by atoms with E-state index in [1.165, 1.54) is 0 Å². The molecule has 1 aliphatic heterocycles. The predicted octanol–water partition coefficient (Wildman–Crippen LogP) is 0.121. The third-order valence-corrected chi connectivity index (χ3v) is 2.91. The molecule has 0 saturated carbocycles. The maximum Gasteiger partial charge on any atom is 0.224 e. The van der Waals surface area contributed by atoms with Gasteiger partial charge in [0, 0.05) is 19.7 Å². The highest BCUT2D eigenvalue weighted by atomic mass is 16.3. The number of carbonyl (C=O) groups is 1. The van der Waals surface area contributed by atoms with E-state index in [0.29, 0.717) is 12.5 Å². The fourth-order valence-electron chi connectivity index (χ4n) is 1.82. The largest absolute Gasteiger partial charge is 0.396 e. The summed E-state index contributed by atoms with van der Waals surface area (Å²) in [5.41, 5.74) is 0. The number of carbonyl (C=O) groups excluding carboxylic acids is 1. The van der Waals surface area contributed by atoms with E-state index in [0.717, 1.165) is 32.4 Å². The van der Waals surface area contributed by atoms with Gasteiger partial charge in [-0.05, 0) is 31.7 Å². The number of hydrogen-bond acceptors (Lipinski definition) is 3. The standard InChI is InChI=1S/C11H22N2O2/c1-9(4-6-14)7-13-11(15)10-3-2-5-12-8-10/h9-10,12,14H,2-8H2,1H3,(H,13,15)/t9?,10-/m1/s1. The Hall–Kier alpha value is -0.610. The summed E-state index contributed by atoms with van der Waals surface area (Å²) in [6.07, 6.45) is 2.83. The first kappa shape index (κ1) is 12.5. The lowest BCUT2D eigenvalue weighted by molar-refractivity contribution is -0.125. The molecule has 1 aliphatic rings. The van der Waals surface area contributed by atoms with Gasteiger partial charge in [0.05, 0.1) is 5.92 Å². The molecule has 1 rings (SSSR count). The molecule has 1 heterocycles. The second-order valence-electron chi connectivity index (χ2n) is 4.41. The molecule has 0 radical (unpaired) electrons. The lowest BCUT2D eigenvalue weighted by Crippen LogP contribution is -2.41. The highest BCUT2D eigenvalue weighted by Gasteiger charge is 2.20. The number of hydrogen-bond donors (Lipinski definition) is 3. The zero-order valence-electron chi connectivity index (χ0n) is 9.46. The molecule has 15 heavy (non-hydrogen) atoms. The molecule has 1 amide bonds. The molecule has 0 aromatic heterocycles. The zero-order chi connectivity index (χ0) is 11.1. The van der Waals surface area contributed by atoms with Crippen LogP contribution in [-0.2, 0) is 4.79 Å². The Labute approximate surface area is 91.4 Å². The van der Waals surface area contributed by atoms with E-state index in [1.807, 2.05) is 6.92 Å². The van der Waals surface area contributed by atoms with Gasteiger partial charge >= 0.3 is 0 Å². The van der Waals surface area contributed by atoms with Gasteiger partial charge in [-0.1, -0.05) is 6.92 Å². The number of aliphatic hydroxyl groups is 1. The zero-order valence-corrected chi connectivity index (χ0v) is 9.46. The maximum absolute atomic E-state index is 11.7. The first-order valence-corrected chi connectivity index (χ1v) is 5.83. The first-order chi connectivity index (χ1) is 7.24. The highest BCUT2D eigenvalue weighted by Crippen LogP contribution is 2.10. The molecule has 1 fully saturated rings. The molecule has 1 unspecified atom stereocenters. The van der Waals surface area contributed by atoms with E-state index in [1.54, 1.807) is 0 Å². The summed E-state index contributed by atoms with van der Waals surface area (Å²) in [4.78, 5) is 11.7. The van der Waals surface area contributed by atoms with Crippen molar-refractivity contribution in [2.45, 2.75) is 26.2 Å². The van der Waals surface area contributed by atoms with E-state index >= 15 is 0 Å². The number of nitrogens with one attached hydrogen (secondary N) is 2. The van der Waals surface area contributed by atoms with Crippen LogP contribution in [0.3, 0.4) is 0 Å². The van der Waals surface area contributed by atoms with Crippen molar-refractivity contribution >= 4 is 5.91 Å². The molecule has 0 aliphatic carbocycles. The van der Waals surface area contributed by atoms with Gasteiger partial charge in [0.15, 0.2) is 0 Å². The topological polar surface area (TPSA) is 61.4 Å². The van der Waals surface area contributed by atoms with Gasteiger partial charge < -0.3 is 15.7 Å². The van der Waals surface area contributed by atoms with Crippen molar-refractivity contribution in [3.63, 3.8) is 0 Å². The van der Waals surface area contributed by atoms with Gasteiger partial charge in [0.1, 0.15) is 0 Å². The van der Waals surface area contributed by atoms with E-state index in [4.69, 9.17) is 5.11 Å². The molecular weight excluding hydrogens is 192 g/mol. The Bertz CT molecular complexity index is 191.